The Morgan fingerprint density at radius 2 is 0.975 bits per heavy atom. The third-order valence-corrected chi connectivity index (χ3v) is 9.68. The van der Waals surface area contributed by atoms with Crippen LogP contribution in [0.15, 0.2) is 92.6 Å². The highest BCUT2D eigenvalue weighted by Gasteiger charge is 2.24. The fraction of sp³-hybridized carbons (Fsp3) is 0.389. The zero-order chi connectivity index (χ0) is 28.3. The number of hydrogen-bond acceptors (Lipinski definition) is 4. The topological polar surface area (TPSA) is 24.7 Å². The zero-order valence-corrected chi connectivity index (χ0v) is 26.4. The Bertz CT molecular complexity index is 1420. The van der Waals surface area contributed by atoms with Gasteiger partial charge in [0.2, 0.25) is 0 Å². The average Bonchev–Trinajstić information content (AvgIpc) is 2.91. The standard InChI is InChI=1S/C36H42N2S2/c1-35(2,3)39-33-27(21-19-25-13-7-9-15-29(25)33)23-37-31-17-11-12-18-32(31)38-24-28-22-20-26-14-8-10-16-30(26)34(28)40-36(4,5)6/h7-10,13-16,19-24,31-32H,11-12,17-18H2,1-6H3/b37-23+,38-24+. The Morgan fingerprint density at radius 3 is 1.38 bits per heavy atom. The summed E-state index contributed by atoms with van der Waals surface area (Å²) in [5.74, 6) is 0. The van der Waals surface area contributed by atoms with Crippen LogP contribution in [0.2, 0.25) is 0 Å². The predicted octanol–water partition coefficient (Wildman–Crippen LogP) is 10.6. The maximum absolute atomic E-state index is 5.22. The van der Waals surface area contributed by atoms with Crippen LogP contribution in [0.25, 0.3) is 21.5 Å². The van der Waals surface area contributed by atoms with Gasteiger partial charge in [0.25, 0.3) is 0 Å². The van der Waals surface area contributed by atoms with Gasteiger partial charge < -0.3 is 0 Å². The van der Waals surface area contributed by atoms with Gasteiger partial charge in [-0.3, -0.25) is 9.98 Å². The molecule has 1 aliphatic rings. The van der Waals surface area contributed by atoms with Crippen LogP contribution in [0, 0.1) is 0 Å². The van der Waals surface area contributed by atoms with E-state index in [0.29, 0.717) is 0 Å². The van der Waals surface area contributed by atoms with Gasteiger partial charge in [-0.2, -0.15) is 0 Å². The first-order valence-corrected chi connectivity index (χ1v) is 16.2. The molecule has 4 heteroatoms. The first-order valence-electron chi connectivity index (χ1n) is 14.6. The van der Waals surface area contributed by atoms with E-state index in [1.54, 1.807) is 0 Å². The van der Waals surface area contributed by atoms with Crippen LogP contribution >= 0.6 is 23.5 Å². The van der Waals surface area contributed by atoms with Crippen LogP contribution in [-0.4, -0.2) is 34.0 Å². The molecule has 1 aliphatic carbocycles. The molecule has 0 radical (unpaired) electrons. The number of aliphatic imine (C=N–C) groups is 2. The van der Waals surface area contributed by atoms with Crippen LogP contribution in [0.3, 0.4) is 0 Å². The maximum atomic E-state index is 5.22. The summed E-state index contributed by atoms with van der Waals surface area (Å²) in [5, 5.41) is 5.19. The molecule has 0 saturated heterocycles. The molecule has 208 valence electrons. The van der Waals surface area contributed by atoms with E-state index < -0.39 is 0 Å². The van der Waals surface area contributed by atoms with Crippen molar-refractivity contribution >= 4 is 57.5 Å². The summed E-state index contributed by atoms with van der Waals surface area (Å²) in [5.41, 5.74) is 2.43. The van der Waals surface area contributed by atoms with E-state index in [-0.39, 0.29) is 21.6 Å². The second kappa shape index (κ2) is 12.1. The van der Waals surface area contributed by atoms with E-state index in [1.165, 1.54) is 55.3 Å². The van der Waals surface area contributed by atoms with Crippen molar-refractivity contribution in [1.82, 2.24) is 0 Å². The van der Waals surface area contributed by atoms with E-state index in [2.05, 4.69) is 127 Å². The van der Waals surface area contributed by atoms with E-state index in [9.17, 15) is 0 Å². The first kappa shape index (κ1) is 29.0. The molecule has 2 atom stereocenters. The Balaban J connectivity index is 1.45. The lowest BCUT2D eigenvalue weighted by Crippen LogP contribution is -2.27. The summed E-state index contributed by atoms with van der Waals surface area (Å²) in [7, 11) is 0. The van der Waals surface area contributed by atoms with Gasteiger partial charge in [-0.05, 0) is 34.4 Å². The van der Waals surface area contributed by atoms with Gasteiger partial charge in [-0.1, -0.05) is 127 Å². The number of benzene rings is 4. The quantitative estimate of drug-likeness (QED) is 0.171. The highest BCUT2D eigenvalue weighted by molar-refractivity contribution is 8.01. The Kier molecular flexibility index (Phi) is 8.78. The number of fused-ring (bicyclic) bond motifs is 2. The molecule has 2 nitrogen and oxygen atoms in total. The smallest absolute Gasteiger partial charge is 0.0723 e. The van der Waals surface area contributed by atoms with Crippen LogP contribution in [0.1, 0.15) is 78.4 Å². The van der Waals surface area contributed by atoms with Gasteiger partial charge in [0.1, 0.15) is 0 Å². The summed E-state index contributed by atoms with van der Waals surface area (Å²) < 4.78 is 0.236. The number of hydrogen-bond donors (Lipinski definition) is 0. The molecule has 0 aliphatic heterocycles. The second-order valence-electron chi connectivity index (χ2n) is 12.8. The molecule has 0 aromatic heterocycles. The third-order valence-electron chi connectivity index (χ3n) is 7.14. The largest absolute Gasteiger partial charge is 0.287 e. The molecule has 0 amide bonds. The van der Waals surface area contributed by atoms with E-state index >= 15 is 0 Å². The van der Waals surface area contributed by atoms with Gasteiger partial charge in [-0.15, -0.1) is 23.5 Å². The third kappa shape index (κ3) is 7.19. The summed E-state index contributed by atoms with van der Waals surface area (Å²) in [6.07, 6.45) is 8.89. The molecule has 0 heterocycles. The molecule has 4 aromatic rings. The van der Waals surface area contributed by atoms with Crippen molar-refractivity contribution in [3.8, 4) is 0 Å². The van der Waals surface area contributed by atoms with Crippen molar-refractivity contribution in [3.63, 3.8) is 0 Å². The minimum atomic E-state index is 0.118. The van der Waals surface area contributed by atoms with E-state index in [0.717, 1.165) is 12.8 Å². The van der Waals surface area contributed by atoms with Crippen LogP contribution in [0.4, 0.5) is 0 Å². The van der Waals surface area contributed by atoms with Crippen molar-refractivity contribution in [2.75, 3.05) is 0 Å². The number of rotatable bonds is 6. The fourth-order valence-corrected chi connectivity index (χ4v) is 7.65. The van der Waals surface area contributed by atoms with Gasteiger partial charge in [0.15, 0.2) is 0 Å². The zero-order valence-electron chi connectivity index (χ0n) is 24.8. The molecule has 4 aromatic carbocycles. The molecule has 0 bridgehead atoms. The molecule has 5 rings (SSSR count). The summed E-state index contributed by atoms with van der Waals surface area (Å²) in [6.45, 7) is 13.7. The van der Waals surface area contributed by atoms with Gasteiger partial charge in [0, 0.05) is 42.8 Å². The summed E-state index contributed by atoms with van der Waals surface area (Å²) in [6, 6.07) is 26.8. The van der Waals surface area contributed by atoms with Crippen LogP contribution in [0.5, 0.6) is 0 Å². The molecular formula is C36H42N2S2. The lowest BCUT2D eigenvalue weighted by molar-refractivity contribution is 0.390. The van der Waals surface area contributed by atoms with Crippen molar-refractivity contribution in [1.29, 1.82) is 0 Å². The average molecular weight is 567 g/mol. The molecule has 40 heavy (non-hydrogen) atoms. The lowest BCUT2D eigenvalue weighted by Gasteiger charge is -2.26. The fourth-order valence-electron chi connectivity index (χ4n) is 5.35. The normalized spacial score (nSPS) is 18.9. The lowest BCUT2D eigenvalue weighted by atomic mass is 9.91. The van der Waals surface area contributed by atoms with Crippen molar-refractivity contribution in [2.45, 2.75) is 98.6 Å². The molecule has 1 saturated carbocycles. The minimum absolute atomic E-state index is 0.118. The van der Waals surface area contributed by atoms with Gasteiger partial charge in [-0.25, -0.2) is 0 Å². The van der Waals surface area contributed by atoms with Crippen LogP contribution in [-0.2, 0) is 0 Å². The molecule has 2 unspecified atom stereocenters. The van der Waals surface area contributed by atoms with E-state index in [1.807, 2.05) is 23.5 Å². The molecular weight excluding hydrogens is 525 g/mol. The van der Waals surface area contributed by atoms with Crippen molar-refractivity contribution in [2.24, 2.45) is 9.98 Å². The highest BCUT2D eigenvalue weighted by atomic mass is 32.2. The molecule has 0 spiro atoms. The number of thioether (sulfide) groups is 2. The molecule has 0 N–H and O–H groups in total. The second-order valence-corrected chi connectivity index (χ2v) is 16.5. The SMILES string of the molecule is CC(C)(C)Sc1c(/C=N/C2CCCCC2/N=C/c2ccc3ccccc3c2SC(C)(C)C)ccc2ccccc12. The minimum Gasteiger partial charge on any atom is -0.287 e. The van der Waals surface area contributed by atoms with E-state index in [4.69, 9.17) is 9.98 Å². The van der Waals surface area contributed by atoms with Crippen molar-refractivity contribution < 1.29 is 0 Å². The Labute approximate surface area is 249 Å². The monoisotopic (exact) mass is 566 g/mol. The first-order chi connectivity index (χ1) is 19.1. The number of nitrogens with zero attached hydrogens (tertiary/aromatic N) is 2. The highest BCUT2D eigenvalue weighted by Crippen LogP contribution is 2.40. The summed E-state index contributed by atoms with van der Waals surface area (Å²) >= 11 is 3.87. The maximum Gasteiger partial charge on any atom is 0.0723 e. The summed E-state index contributed by atoms with van der Waals surface area (Å²) in [4.78, 5) is 13.1. The molecule has 1 fully saturated rings. The Morgan fingerprint density at radius 1 is 0.575 bits per heavy atom. The predicted molar refractivity (Wildman–Crippen MR) is 180 cm³/mol. The van der Waals surface area contributed by atoms with Gasteiger partial charge in [0.05, 0.1) is 12.1 Å². The van der Waals surface area contributed by atoms with Crippen molar-refractivity contribution in [3.05, 3.63) is 83.9 Å². The van der Waals surface area contributed by atoms with Gasteiger partial charge >= 0.3 is 0 Å². The van der Waals surface area contributed by atoms with Crippen LogP contribution < -0.4 is 0 Å². The Hall–Kier alpha value is -2.56.